The molecular formula is C20H27N3O3. The number of carbonyl (C=O) groups is 2. The number of rotatable bonds is 4. The maximum absolute atomic E-state index is 13.1. The Morgan fingerprint density at radius 1 is 1.31 bits per heavy atom. The molecule has 1 aromatic carbocycles. The van der Waals surface area contributed by atoms with E-state index in [9.17, 15) is 9.59 Å². The highest BCUT2D eigenvalue weighted by Crippen LogP contribution is 2.30. The molecule has 26 heavy (non-hydrogen) atoms. The quantitative estimate of drug-likeness (QED) is 0.899. The predicted octanol–water partition coefficient (Wildman–Crippen LogP) is 2.33. The van der Waals surface area contributed by atoms with Crippen LogP contribution in [0.4, 0.5) is 0 Å². The van der Waals surface area contributed by atoms with Gasteiger partial charge in [-0.3, -0.25) is 9.59 Å². The van der Waals surface area contributed by atoms with Crippen molar-refractivity contribution in [3.8, 4) is 0 Å². The van der Waals surface area contributed by atoms with Crippen LogP contribution in [0.15, 0.2) is 35.5 Å². The van der Waals surface area contributed by atoms with Crippen LogP contribution in [0, 0.1) is 5.92 Å². The standard InChI is InChI=1S/C20H27N3O3/c1-14(2)21-18(24)16-10-7-11-23(13-16)19(25)20(3)12-17(22-26-20)15-8-5-4-6-9-15/h4-6,8-9,14,16H,7,10-13H2,1-3H3,(H,21,24)/t16-,20+/m1/s1. The van der Waals surface area contributed by atoms with Gasteiger partial charge in [-0.2, -0.15) is 0 Å². The van der Waals surface area contributed by atoms with Crippen molar-refractivity contribution in [1.29, 1.82) is 0 Å². The van der Waals surface area contributed by atoms with Crippen LogP contribution >= 0.6 is 0 Å². The maximum Gasteiger partial charge on any atom is 0.269 e. The summed E-state index contributed by atoms with van der Waals surface area (Å²) in [6.45, 7) is 6.77. The number of amides is 2. The van der Waals surface area contributed by atoms with Crippen molar-refractivity contribution in [3.63, 3.8) is 0 Å². The predicted molar refractivity (Wildman–Crippen MR) is 99.7 cm³/mol. The molecule has 2 heterocycles. The van der Waals surface area contributed by atoms with Crippen LogP contribution in [0.25, 0.3) is 0 Å². The first-order chi connectivity index (χ1) is 12.4. The highest BCUT2D eigenvalue weighted by atomic mass is 16.7. The molecule has 2 atom stereocenters. The van der Waals surface area contributed by atoms with Gasteiger partial charge in [0.25, 0.3) is 5.91 Å². The third kappa shape index (κ3) is 3.89. The van der Waals surface area contributed by atoms with Crippen LogP contribution in [-0.2, 0) is 14.4 Å². The molecule has 1 aromatic rings. The van der Waals surface area contributed by atoms with Gasteiger partial charge in [0, 0.05) is 25.6 Å². The fourth-order valence-electron chi connectivity index (χ4n) is 3.55. The van der Waals surface area contributed by atoms with Crippen molar-refractivity contribution in [2.75, 3.05) is 13.1 Å². The van der Waals surface area contributed by atoms with Gasteiger partial charge in [0.15, 0.2) is 0 Å². The van der Waals surface area contributed by atoms with Crippen molar-refractivity contribution in [3.05, 3.63) is 35.9 Å². The molecule has 1 N–H and O–H groups in total. The van der Waals surface area contributed by atoms with E-state index < -0.39 is 5.60 Å². The molecule has 140 valence electrons. The number of nitrogens with one attached hydrogen (secondary N) is 1. The monoisotopic (exact) mass is 357 g/mol. The van der Waals surface area contributed by atoms with Crippen LogP contribution < -0.4 is 5.32 Å². The smallest absolute Gasteiger partial charge is 0.269 e. The Labute approximate surface area is 154 Å². The number of nitrogens with zero attached hydrogens (tertiary/aromatic N) is 2. The van der Waals surface area contributed by atoms with E-state index in [0.717, 1.165) is 24.1 Å². The van der Waals surface area contributed by atoms with Crippen molar-refractivity contribution >= 4 is 17.5 Å². The molecule has 0 radical (unpaired) electrons. The molecule has 0 aliphatic carbocycles. The normalized spacial score (nSPS) is 25.6. The summed E-state index contributed by atoms with van der Waals surface area (Å²) >= 11 is 0. The summed E-state index contributed by atoms with van der Waals surface area (Å²) < 4.78 is 0. The fraction of sp³-hybridized carbons (Fsp3) is 0.550. The van der Waals surface area contributed by atoms with Crippen molar-refractivity contribution in [1.82, 2.24) is 10.2 Å². The van der Waals surface area contributed by atoms with E-state index in [0.29, 0.717) is 19.5 Å². The first-order valence-electron chi connectivity index (χ1n) is 9.29. The molecule has 6 nitrogen and oxygen atoms in total. The average molecular weight is 357 g/mol. The molecule has 0 saturated carbocycles. The Bertz CT molecular complexity index is 702. The van der Waals surface area contributed by atoms with Gasteiger partial charge >= 0.3 is 0 Å². The molecule has 0 spiro atoms. The number of likely N-dealkylation sites (tertiary alicyclic amines) is 1. The minimum Gasteiger partial charge on any atom is -0.379 e. The van der Waals surface area contributed by atoms with Gasteiger partial charge in [-0.25, -0.2) is 0 Å². The molecule has 6 heteroatoms. The molecule has 0 unspecified atom stereocenters. The Morgan fingerprint density at radius 2 is 2.04 bits per heavy atom. The highest BCUT2D eigenvalue weighted by molar-refractivity contribution is 6.05. The van der Waals surface area contributed by atoms with Crippen LogP contribution in [0.5, 0.6) is 0 Å². The molecule has 1 fully saturated rings. The van der Waals surface area contributed by atoms with Crippen molar-refractivity contribution in [2.24, 2.45) is 11.1 Å². The van der Waals surface area contributed by atoms with E-state index in [1.54, 1.807) is 11.8 Å². The summed E-state index contributed by atoms with van der Waals surface area (Å²) in [7, 11) is 0. The molecule has 3 rings (SSSR count). The Kier molecular flexibility index (Phi) is 5.30. The Hall–Kier alpha value is -2.37. The number of oxime groups is 1. The van der Waals surface area contributed by atoms with Gasteiger partial charge in [0.1, 0.15) is 0 Å². The molecule has 2 aliphatic heterocycles. The van der Waals surface area contributed by atoms with E-state index in [4.69, 9.17) is 4.84 Å². The topological polar surface area (TPSA) is 71.0 Å². The zero-order valence-corrected chi connectivity index (χ0v) is 15.7. The molecular weight excluding hydrogens is 330 g/mol. The van der Waals surface area contributed by atoms with Crippen molar-refractivity contribution < 1.29 is 14.4 Å². The van der Waals surface area contributed by atoms with Crippen LogP contribution in [-0.4, -0.2) is 47.2 Å². The van der Waals surface area contributed by atoms with E-state index >= 15 is 0 Å². The van der Waals surface area contributed by atoms with Crippen molar-refractivity contribution in [2.45, 2.75) is 51.7 Å². The number of hydrogen-bond donors (Lipinski definition) is 1. The number of piperidine rings is 1. The molecule has 0 bridgehead atoms. The summed E-state index contributed by atoms with van der Waals surface area (Å²) in [5, 5.41) is 7.11. The summed E-state index contributed by atoms with van der Waals surface area (Å²) in [5.74, 6) is -0.222. The lowest BCUT2D eigenvalue weighted by atomic mass is 9.91. The lowest BCUT2D eigenvalue weighted by Crippen LogP contribution is -2.53. The highest BCUT2D eigenvalue weighted by Gasteiger charge is 2.46. The maximum atomic E-state index is 13.1. The molecule has 1 saturated heterocycles. The van der Waals surface area contributed by atoms with E-state index in [1.165, 1.54) is 0 Å². The Balaban J connectivity index is 1.64. The second kappa shape index (κ2) is 7.48. The molecule has 2 amide bonds. The Morgan fingerprint density at radius 3 is 2.73 bits per heavy atom. The van der Waals surface area contributed by atoms with Gasteiger partial charge in [-0.15, -0.1) is 0 Å². The van der Waals surface area contributed by atoms with Gasteiger partial charge < -0.3 is 15.1 Å². The zero-order chi connectivity index (χ0) is 18.7. The van der Waals surface area contributed by atoms with Crippen LogP contribution in [0.1, 0.15) is 45.6 Å². The molecule has 2 aliphatic rings. The number of carbonyl (C=O) groups excluding carboxylic acids is 2. The minimum atomic E-state index is -0.998. The van der Waals surface area contributed by atoms with E-state index in [-0.39, 0.29) is 23.8 Å². The van der Waals surface area contributed by atoms with Gasteiger partial charge in [-0.1, -0.05) is 35.5 Å². The van der Waals surface area contributed by atoms with Gasteiger partial charge in [-0.05, 0) is 39.2 Å². The lowest BCUT2D eigenvalue weighted by molar-refractivity contribution is -0.155. The first-order valence-corrected chi connectivity index (χ1v) is 9.29. The van der Waals surface area contributed by atoms with Gasteiger partial charge in [0.2, 0.25) is 11.5 Å². The largest absolute Gasteiger partial charge is 0.379 e. The van der Waals surface area contributed by atoms with E-state index in [1.807, 2.05) is 44.2 Å². The summed E-state index contributed by atoms with van der Waals surface area (Å²) in [4.78, 5) is 32.7. The summed E-state index contributed by atoms with van der Waals surface area (Å²) in [5.41, 5.74) is 0.756. The van der Waals surface area contributed by atoms with Crippen LogP contribution in [0.3, 0.4) is 0 Å². The van der Waals surface area contributed by atoms with Gasteiger partial charge in [0.05, 0.1) is 11.6 Å². The first kappa shape index (κ1) is 18.4. The lowest BCUT2D eigenvalue weighted by Gasteiger charge is -2.36. The SMILES string of the molecule is CC(C)NC(=O)[C@@H]1CCCN(C(=O)[C@]2(C)CC(c3ccccc3)=NO2)C1. The number of hydrogen-bond acceptors (Lipinski definition) is 4. The third-order valence-electron chi connectivity index (χ3n) is 4.93. The molecule has 0 aromatic heterocycles. The van der Waals surface area contributed by atoms with Crippen LogP contribution in [0.2, 0.25) is 0 Å². The summed E-state index contributed by atoms with van der Waals surface area (Å²) in [6, 6.07) is 9.86. The number of benzene rings is 1. The second-order valence-electron chi connectivity index (χ2n) is 7.66. The van der Waals surface area contributed by atoms with E-state index in [2.05, 4.69) is 10.5 Å². The summed E-state index contributed by atoms with van der Waals surface area (Å²) in [6.07, 6.45) is 2.07. The second-order valence-corrected chi connectivity index (χ2v) is 7.66. The third-order valence-corrected chi connectivity index (χ3v) is 4.93. The average Bonchev–Trinajstić information content (AvgIpc) is 3.05. The minimum absolute atomic E-state index is 0.0243. The zero-order valence-electron chi connectivity index (χ0n) is 15.7. The fourth-order valence-corrected chi connectivity index (χ4v) is 3.55.